The average Bonchev–Trinajstić information content (AvgIpc) is 3.29. The Bertz CT molecular complexity index is 1410. The Labute approximate surface area is 186 Å². The van der Waals surface area contributed by atoms with Gasteiger partial charge in [-0.15, -0.1) is 0 Å². The van der Waals surface area contributed by atoms with E-state index in [1.165, 1.54) is 0 Å². The lowest BCUT2D eigenvalue weighted by Crippen LogP contribution is -2.11. The first kappa shape index (κ1) is 19.3. The second-order valence-electron chi connectivity index (χ2n) is 6.98. The minimum atomic E-state index is -0.342. The van der Waals surface area contributed by atoms with Crippen LogP contribution in [0.5, 0.6) is 5.75 Å². The second-order valence-corrected chi connectivity index (χ2v) is 7.83. The first-order valence-corrected chi connectivity index (χ1v) is 10.5. The van der Waals surface area contributed by atoms with Crippen LogP contribution in [0.2, 0.25) is 0 Å². The van der Waals surface area contributed by atoms with Gasteiger partial charge >= 0.3 is 0 Å². The standard InChI is InChI=1S/C25H17BrN2O3/c26-20-11-12-21(24-19(20)8-4-14-27-24)28-25(29)23-13-10-17(31-23)15-30-22-9-3-6-16-5-1-2-7-18(16)22/h1-14H,15H2,(H,28,29). The minimum absolute atomic E-state index is 0.212. The molecule has 2 aromatic heterocycles. The van der Waals surface area contributed by atoms with Gasteiger partial charge in [0.2, 0.25) is 0 Å². The molecule has 31 heavy (non-hydrogen) atoms. The number of anilines is 1. The van der Waals surface area contributed by atoms with Crippen molar-refractivity contribution in [1.82, 2.24) is 4.98 Å². The molecule has 5 nitrogen and oxygen atoms in total. The molecular formula is C25H17BrN2O3. The van der Waals surface area contributed by atoms with E-state index in [0.717, 1.165) is 26.4 Å². The summed E-state index contributed by atoms with van der Waals surface area (Å²) >= 11 is 3.51. The fourth-order valence-electron chi connectivity index (χ4n) is 3.47. The molecule has 0 aliphatic heterocycles. The monoisotopic (exact) mass is 472 g/mol. The summed E-state index contributed by atoms with van der Waals surface area (Å²) in [6.45, 7) is 0.226. The molecule has 1 N–H and O–H groups in total. The number of benzene rings is 3. The Morgan fingerprint density at radius 1 is 0.935 bits per heavy atom. The number of pyridine rings is 1. The number of rotatable bonds is 5. The highest BCUT2D eigenvalue weighted by molar-refractivity contribution is 9.10. The number of ether oxygens (including phenoxy) is 1. The highest BCUT2D eigenvalue weighted by Crippen LogP contribution is 2.29. The normalized spacial score (nSPS) is 11.0. The maximum atomic E-state index is 12.7. The Balaban J connectivity index is 1.32. The number of nitrogens with one attached hydrogen (secondary N) is 1. The van der Waals surface area contributed by atoms with Gasteiger partial charge in [-0.1, -0.05) is 58.4 Å². The van der Waals surface area contributed by atoms with E-state index in [1.807, 2.05) is 66.7 Å². The molecule has 5 aromatic rings. The zero-order valence-electron chi connectivity index (χ0n) is 16.3. The number of aromatic nitrogens is 1. The number of carbonyl (C=O) groups is 1. The van der Waals surface area contributed by atoms with E-state index in [9.17, 15) is 4.79 Å². The van der Waals surface area contributed by atoms with Crippen molar-refractivity contribution in [3.8, 4) is 5.75 Å². The highest BCUT2D eigenvalue weighted by Gasteiger charge is 2.15. The Kier molecular flexibility index (Phi) is 5.14. The highest BCUT2D eigenvalue weighted by atomic mass is 79.9. The molecule has 1 amide bonds. The number of amides is 1. The molecule has 0 saturated carbocycles. The third-order valence-corrected chi connectivity index (χ3v) is 5.66. The number of fused-ring (bicyclic) bond motifs is 2. The summed E-state index contributed by atoms with van der Waals surface area (Å²) in [5.74, 6) is 1.21. The molecule has 0 spiro atoms. The maximum absolute atomic E-state index is 12.7. The van der Waals surface area contributed by atoms with E-state index in [0.29, 0.717) is 17.0 Å². The third kappa shape index (κ3) is 3.90. The van der Waals surface area contributed by atoms with Crippen molar-refractivity contribution < 1.29 is 13.9 Å². The predicted octanol–water partition coefficient (Wildman–Crippen LogP) is 6.57. The summed E-state index contributed by atoms with van der Waals surface area (Å²) in [7, 11) is 0. The SMILES string of the molecule is O=C(Nc1ccc(Br)c2cccnc12)c1ccc(COc2cccc3ccccc23)o1. The van der Waals surface area contributed by atoms with E-state index in [-0.39, 0.29) is 18.3 Å². The summed E-state index contributed by atoms with van der Waals surface area (Å²) in [4.78, 5) is 17.1. The molecule has 3 aromatic carbocycles. The molecule has 0 fully saturated rings. The lowest BCUT2D eigenvalue weighted by atomic mass is 10.1. The van der Waals surface area contributed by atoms with Crippen molar-refractivity contribution in [3.05, 3.63) is 101 Å². The molecule has 0 unspecified atom stereocenters. The number of furan rings is 1. The number of hydrogen-bond donors (Lipinski definition) is 1. The fourth-order valence-corrected chi connectivity index (χ4v) is 3.92. The lowest BCUT2D eigenvalue weighted by Gasteiger charge is -2.09. The minimum Gasteiger partial charge on any atom is -0.485 e. The van der Waals surface area contributed by atoms with Gasteiger partial charge in [-0.2, -0.15) is 0 Å². The van der Waals surface area contributed by atoms with Crippen molar-refractivity contribution in [3.63, 3.8) is 0 Å². The van der Waals surface area contributed by atoms with Crippen LogP contribution >= 0.6 is 15.9 Å². The van der Waals surface area contributed by atoms with Crippen LogP contribution < -0.4 is 10.1 Å². The molecule has 152 valence electrons. The first-order chi connectivity index (χ1) is 15.2. The summed E-state index contributed by atoms with van der Waals surface area (Å²) in [6.07, 6.45) is 1.69. The summed E-state index contributed by atoms with van der Waals surface area (Å²) in [5.41, 5.74) is 1.32. The quantitative estimate of drug-likeness (QED) is 0.314. The third-order valence-electron chi connectivity index (χ3n) is 4.97. The van der Waals surface area contributed by atoms with Crippen LogP contribution in [-0.4, -0.2) is 10.9 Å². The number of hydrogen-bond acceptors (Lipinski definition) is 4. The molecule has 0 saturated heterocycles. The van der Waals surface area contributed by atoms with E-state index >= 15 is 0 Å². The maximum Gasteiger partial charge on any atom is 0.291 e. The molecule has 6 heteroatoms. The molecule has 0 aliphatic carbocycles. The average molecular weight is 473 g/mol. The van der Waals surface area contributed by atoms with Crippen LogP contribution in [0.4, 0.5) is 5.69 Å². The topological polar surface area (TPSA) is 64.4 Å². The zero-order valence-corrected chi connectivity index (χ0v) is 17.9. The summed E-state index contributed by atoms with van der Waals surface area (Å²) in [6, 6.07) is 24.8. The Hall–Kier alpha value is -3.64. The molecule has 0 bridgehead atoms. The van der Waals surface area contributed by atoms with Crippen LogP contribution in [0.25, 0.3) is 21.7 Å². The van der Waals surface area contributed by atoms with Crippen molar-refractivity contribution in [2.24, 2.45) is 0 Å². The Morgan fingerprint density at radius 2 is 1.77 bits per heavy atom. The van der Waals surface area contributed by atoms with Crippen molar-refractivity contribution in [2.75, 3.05) is 5.32 Å². The van der Waals surface area contributed by atoms with Gasteiger partial charge in [0.25, 0.3) is 5.91 Å². The number of halogens is 1. The molecular weight excluding hydrogens is 456 g/mol. The van der Waals surface area contributed by atoms with Gasteiger partial charge in [-0.3, -0.25) is 9.78 Å². The van der Waals surface area contributed by atoms with Crippen molar-refractivity contribution in [1.29, 1.82) is 0 Å². The second kappa shape index (κ2) is 8.24. The smallest absolute Gasteiger partial charge is 0.291 e. The number of carbonyl (C=O) groups excluding carboxylic acids is 1. The van der Waals surface area contributed by atoms with Gasteiger partial charge in [-0.25, -0.2) is 0 Å². The van der Waals surface area contributed by atoms with Gasteiger partial charge in [0, 0.05) is 21.4 Å². The lowest BCUT2D eigenvalue weighted by molar-refractivity contribution is 0.0993. The largest absolute Gasteiger partial charge is 0.485 e. The van der Waals surface area contributed by atoms with Gasteiger partial charge in [0.1, 0.15) is 18.1 Å². The van der Waals surface area contributed by atoms with Gasteiger partial charge in [0.05, 0.1) is 11.2 Å². The van der Waals surface area contributed by atoms with Gasteiger partial charge in [0.15, 0.2) is 5.76 Å². The Morgan fingerprint density at radius 3 is 2.71 bits per heavy atom. The van der Waals surface area contributed by atoms with Crippen molar-refractivity contribution >= 4 is 49.2 Å². The molecule has 2 heterocycles. The zero-order chi connectivity index (χ0) is 21.2. The van der Waals surface area contributed by atoms with Crippen LogP contribution in [0.3, 0.4) is 0 Å². The van der Waals surface area contributed by atoms with Crippen LogP contribution in [0.15, 0.2) is 93.9 Å². The fraction of sp³-hybridized carbons (Fsp3) is 0.0400. The molecule has 0 radical (unpaired) electrons. The van der Waals surface area contributed by atoms with Gasteiger partial charge < -0.3 is 14.5 Å². The number of nitrogens with zero attached hydrogens (tertiary/aromatic N) is 1. The predicted molar refractivity (Wildman–Crippen MR) is 124 cm³/mol. The van der Waals surface area contributed by atoms with E-state index < -0.39 is 0 Å². The van der Waals surface area contributed by atoms with Gasteiger partial charge in [-0.05, 0) is 41.8 Å². The molecule has 0 atom stereocenters. The first-order valence-electron chi connectivity index (χ1n) is 9.73. The summed E-state index contributed by atoms with van der Waals surface area (Å²) < 4.78 is 12.6. The van der Waals surface area contributed by atoms with Crippen molar-refractivity contribution in [2.45, 2.75) is 6.61 Å². The van der Waals surface area contributed by atoms with E-state index in [1.54, 1.807) is 18.3 Å². The van der Waals surface area contributed by atoms with Crippen LogP contribution in [0, 0.1) is 0 Å². The molecule has 5 rings (SSSR count). The van der Waals surface area contributed by atoms with E-state index in [2.05, 4.69) is 26.2 Å². The van der Waals surface area contributed by atoms with Crippen LogP contribution in [-0.2, 0) is 6.61 Å². The molecule has 0 aliphatic rings. The van der Waals surface area contributed by atoms with E-state index in [4.69, 9.17) is 9.15 Å². The van der Waals surface area contributed by atoms with Crippen LogP contribution in [0.1, 0.15) is 16.3 Å². The summed E-state index contributed by atoms with van der Waals surface area (Å²) in [5, 5.41) is 5.94.